The van der Waals surface area contributed by atoms with Crippen LogP contribution in [0.15, 0.2) is 116 Å². The van der Waals surface area contributed by atoms with E-state index in [1.165, 1.54) is 37.5 Å². The second-order valence-electron chi connectivity index (χ2n) is 29.4. The van der Waals surface area contributed by atoms with Crippen molar-refractivity contribution in [2.24, 2.45) is 5.92 Å². The summed E-state index contributed by atoms with van der Waals surface area (Å²) in [6.45, 7) is 13.3. The number of fused-ring (bicyclic) bond motifs is 2. The summed E-state index contributed by atoms with van der Waals surface area (Å²) in [6, 6.07) is 18.6. The van der Waals surface area contributed by atoms with Gasteiger partial charge in [-0.2, -0.15) is 5.26 Å². The van der Waals surface area contributed by atoms with Crippen LogP contribution in [-0.2, 0) is 64.3 Å². The Bertz CT molecular complexity index is 5260. The predicted molar refractivity (Wildman–Crippen MR) is 439 cm³/mol. The highest BCUT2D eigenvalue weighted by atomic mass is 35.5. The SMILES string of the molecule is CCOCCn1cc(-c2cc(C(=O)NCCNC(=O)c3ccc(C4c5ccc(N(C)C)cc5OC5=CC(=[N+](C)C)C=CC54)c(C(=O)[O-])c3)cc(-c3cn(CCOCCOCCC(=O)NCc4cc(C(=O)NCC(=O)N5CC(F)(F)C[C@@H]5C#N)c(Cl)cn4)nn3)c2)nn1.[C-]#[N+][C@@H]1CC(C)(F)CN1C(=O)CNC(=O)c1cc(CNC(=O)CCOCC)ncc1Cl. The molecule has 3 aliphatic heterocycles. The summed E-state index contributed by atoms with van der Waals surface area (Å²) in [7, 11) is 7.70. The molecule has 7 heterocycles. The van der Waals surface area contributed by atoms with Gasteiger partial charge in [0, 0.05) is 141 Å². The zero-order valence-electron chi connectivity index (χ0n) is 68.5. The fourth-order valence-electron chi connectivity index (χ4n) is 13.5. The first-order chi connectivity index (χ1) is 58.8. The summed E-state index contributed by atoms with van der Waals surface area (Å²) < 4.78 is 75.4. The van der Waals surface area contributed by atoms with E-state index in [1.807, 2.05) is 94.0 Å². The molecule has 4 aliphatic rings. The molecule has 1 aliphatic carbocycles. The van der Waals surface area contributed by atoms with Gasteiger partial charge in [0.05, 0.1) is 155 Å². The van der Waals surface area contributed by atoms with Crippen LogP contribution >= 0.6 is 23.2 Å². The zero-order valence-corrected chi connectivity index (χ0v) is 70.0. The highest BCUT2D eigenvalue weighted by molar-refractivity contribution is 6.34. The van der Waals surface area contributed by atoms with Crippen molar-refractivity contribution in [3.63, 3.8) is 0 Å². The second kappa shape index (κ2) is 43.3. The number of nitriles is 1. The average molecular weight is 1740 g/mol. The van der Waals surface area contributed by atoms with Crippen molar-refractivity contribution < 1.29 is 89.7 Å². The van der Waals surface area contributed by atoms with Crippen molar-refractivity contribution >= 4 is 87.8 Å². The van der Waals surface area contributed by atoms with Gasteiger partial charge in [-0.15, -0.1) is 10.2 Å². The van der Waals surface area contributed by atoms with Crippen LogP contribution in [0.4, 0.5) is 18.9 Å². The molecular weight excluding hydrogens is 1640 g/mol. The van der Waals surface area contributed by atoms with Gasteiger partial charge < -0.3 is 75.3 Å². The first kappa shape index (κ1) is 92.7. The molecule has 11 rings (SSSR count). The van der Waals surface area contributed by atoms with Gasteiger partial charge in [-0.25, -0.2) is 33.7 Å². The minimum absolute atomic E-state index is 0.00202. The average Bonchev–Trinajstić information content (AvgIpc) is 1.64. The molecule has 123 heavy (non-hydrogen) atoms. The number of pyridine rings is 2. The molecule has 5 atom stereocenters. The first-order valence-electron chi connectivity index (χ1n) is 39.3. The number of hydrogen-bond acceptors (Lipinski definition) is 23. The number of allylic oxidation sites excluding steroid dienone is 3. The monoisotopic (exact) mass is 1740 g/mol. The summed E-state index contributed by atoms with van der Waals surface area (Å²) >= 11 is 12.2. The van der Waals surface area contributed by atoms with E-state index in [9.17, 15) is 66.7 Å². The third-order valence-electron chi connectivity index (χ3n) is 19.9. The number of carbonyl (C=O) groups excluding carboxylic acids is 9. The molecule has 0 bridgehead atoms. The van der Waals surface area contributed by atoms with E-state index < -0.39 is 97.2 Å². The van der Waals surface area contributed by atoms with Crippen LogP contribution in [0.1, 0.15) is 127 Å². The van der Waals surface area contributed by atoms with Gasteiger partial charge in [-0.1, -0.05) is 51.8 Å². The van der Waals surface area contributed by atoms with Crippen molar-refractivity contribution in [2.75, 3.05) is 125 Å². The molecule has 4 aromatic heterocycles. The lowest BCUT2D eigenvalue weighted by Crippen LogP contribution is -2.43. The smallest absolute Gasteiger partial charge is 0.303 e. The number of ether oxygens (including phenoxy) is 5. The van der Waals surface area contributed by atoms with Crippen molar-refractivity contribution in [1.29, 1.82) is 5.26 Å². The summed E-state index contributed by atoms with van der Waals surface area (Å²) in [6.07, 6.45) is 10.3. The number of aromatic nitrogens is 8. The summed E-state index contributed by atoms with van der Waals surface area (Å²) in [5.41, 5.74) is 4.38. The third-order valence-corrected chi connectivity index (χ3v) is 20.5. The number of carboxylic acids is 1. The normalized spacial score (nSPS) is 17.2. The molecule has 35 nitrogen and oxygen atoms in total. The number of carbonyl (C=O) groups is 9. The molecule has 0 spiro atoms. The Kier molecular flexibility index (Phi) is 32.6. The highest BCUT2D eigenvalue weighted by Crippen LogP contribution is 2.49. The fraction of sp³-hybridized carbons (Fsp3) is 0.422. The van der Waals surface area contributed by atoms with Gasteiger partial charge in [0.2, 0.25) is 29.3 Å². The maximum Gasteiger partial charge on any atom is 0.303 e. The van der Waals surface area contributed by atoms with Crippen molar-refractivity contribution in [3.05, 3.63) is 187 Å². The van der Waals surface area contributed by atoms with Gasteiger partial charge in [0.1, 0.15) is 48.7 Å². The van der Waals surface area contributed by atoms with Crippen LogP contribution in [-0.4, -0.2) is 257 Å². The molecule has 3 unspecified atom stereocenters. The molecule has 6 N–H and O–H groups in total. The van der Waals surface area contributed by atoms with E-state index >= 15 is 0 Å². The highest BCUT2D eigenvalue weighted by Gasteiger charge is 2.49. The Hall–Kier alpha value is -12.6. The van der Waals surface area contributed by atoms with E-state index in [1.54, 1.807) is 52.1 Å². The minimum Gasteiger partial charge on any atom is -0.545 e. The first-order valence-corrected chi connectivity index (χ1v) is 40.0. The minimum atomic E-state index is -3.21. The van der Waals surface area contributed by atoms with E-state index in [0.29, 0.717) is 84.8 Å². The molecule has 0 saturated carbocycles. The number of halogens is 5. The van der Waals surface area contributed by atoms with Crippen LogP contribution in [0.3, 0.4) is 0 Å². The number of benzene rings is 3. The molecule has 0 radical (unpaired) electrons. The Morgan fingerprint density at radius 1 is 0.667 bits per heavy atom. The number of rotatable bonds is 37. The fourth-order valence-corrected chi connectivity index (χ4v) is 13.9. The maximum absolute atomic E-state index is 14.2. The van der Waals surface area contributed by atoms with Crippen molar-refractivity contribution in [3.8, 4) is 34.3 Å². The van der Waals surface area contributed by atoms with Crippen molar-refractivity contribution in [2.45, 2.75) is 102 Å². The molecule has 650 valence electrons. The topological polar surface area (TPSA) is 423 Å². The molecule has 40 heteroatoms. The second-order valence-corrected chi connectivity index (χ2v) is 30.2. The van der Waals surface area contributed by atoms with Crippen LogP contribution in [0.2, 0.25) is 10.0 Å². The molecular formula is C83H93Cl2F3N20O15. The lowest BCUT2D eigenvalue weighted by atomic mass is 9.74. The largest absolute Gasteiger partial charge is 0.545 e. The summed E-state index contributed by atoms with van der Waals surface area (Å²) in [4.78, 5) is 130. The quantitative estimate of drug-likeness (QED) is 0.0167. The number of alkyl halides is 3. The van der Waals surface area contributed by atoms with E-state index in [0.717, 1.165) is 26.8 Å². The lowest BCUT2D eigenvalue weighted by Gasteiger charge is -2.36. The van der Waals surface area contributed by atoms with Crippen LogP contribution in [0.5, 0.6) is 5.75 Å². The molecule has 7 aromatic rings. The van der Waals surface area contributed by atoms with E-state index in [2.05, 4.69) is 67.3 Å². The molecule has 8 amide bonds. The van der Waals surface area contributed by atoms with Gasteiger partial charge in [0.15, 0.2) is 0 Å². The Morgan fingerprint density at radius 3 is 1.76 bits per heavy atom. The third kappa shape index (κ3) is 25.5. The number of carboxylic acid groups (broad SMARTS) is 1. The van der Waals surface area contributed by atoms with E-state index in [-0.39, 0.29) is 140 Å². The Morgan fingerprint density at radius 2 is 1.21 bits per heavy atom. The van der Waals surface area contributed by atoms with Crippen LogP contribution in [0, 0.1) is 23.8 Å². The standard InChI is InChI=1S/C63H68ClF2N15O11.C20H25ClFN5O4/c1-6-89-19-16-79-35-52(73-75-79)39-23-40(53-36-80(76-74-53)17-20-91-22-21-90-18-13-56(82)71-32-42-27-50(51(64)33-70-42)61(86)72-34-57(83)81-37-63(65,66)30-45(81)31-67)25-41(24-39)60(85)69-15-14-68-59(84)38-7-10-46(49(26-38)62(87)88)58-47-11-8-43(77(2)3)28-54(47)92-55-29-44(78(4)5)9-12-48(55)58;1-4-31-6-5-17(28)25-9-13-7-14(15(21)10-24-13)19(30)26-11-18(29)27-12-20(2,22)8-16(27)23-3/h7-12,23-29,33,35-36,45,47,58H,6,13-22,30,32,34,37H2,1-5H3,(H4-,68,69,71,72,82,84,85,86,87,88);7,10,16H,4-6,8-9,11-12H2,1-2H3,(H,25,28)(H,26,30)/t45-,47?,58?;16-,20?/m10/s1. The van der Waals surface area contributed by atoms with Gasteiger partial charge in [-0.05, 0) is 74.9 Å². The summed E-state index contributed by atoms with van der Waals surface area (Å²) in [5, 5.41) is 55.1. The van der Waals surface area contributed by atoms with Gasteiger partial charge >= 0.3 is 6.17 Å². The van der Waals surface area contributed by atoms with Crippen LogP contribution in [0.25, 0.3) is 27.4 Å². The molecule has 2 saturated heterocycles. The Labute approximate surface area is 716 Å². The zero-order chi connectivity index (χ0) is 88.7. The number of hydrogen-bond donors (Lipinski definition) is 6. The number of aromatic carboxylic acids is 1. The number of amides is 8. The lowest BCUT2D eigenvalue weighted by molar-refractivity contribution is -0.462. The van der Waals surface area contributed by atoms with Gasteiger partial charge in [0.25, 0.3) is 29.6 Å². The van der Waals surface area contributed by atoms with Crippen LogP contribution < -0.4 is 46.6 Å². The van der Waals surface area contributed by atoms with E-state index in [4.69, 9.17) is 53.5 Å². The number of anilines is 1. The predicted octanol–water partition coefficient (Wildman–Crippen LogP) is 5.13. The molecule has 2 fully saturated rings. The number of likely N-dealkylation sites (tertiary alicyclic amines) is 2. The Balaban J connectivity index is 0.000000429. The van der Waals surface area contributed by atoms with Crippen molar-refractivity contribution in [1.82, 2.24) is 81.7 Å². The number of nitrogens with one attached hydrogen (secondary N) is 6. The summed E-state index contributed by atoms with van der Waals surface area (Å²) in [5.74, 6) is -8.64. The molecule has 3 aromatic carbocycles. The maximum atomic E-state index is 14.2. The number of nitrogens with zero attached hydrogens (tertiary/aromatic N) is 14. The van der Waals surface area contributed by atoms with Gasteiger partial charge in [-0.3, -0.25) is 58.1 Å².